The fraction of sp³-hybridized carbons (Fsp3) is 0.667. The van der Waals surface area contributed by atoms with E-state index in [2.05, 4.69) is 4.98 Å². The van der Waals surface area contributed by atoms with Gasteiger partial charge in [-0.2, -0.15) is 0 Å². The van der Waals surface area contributed by atoms with Crippen LogP contribution in [0.1, 0.15) is 44.5 Å². The first-order valence-corrected chi connectivity index (χ1v) is 9.43. The highest BCUT2D eigenvalue weighted by molar-refractivity contribution is 7.63. The molecule has 0 unspecified atom stereocenters. The van der Waals surface area contributed by atoms with Crippen molar-refractivity contribution in [2.24, 2.45) is 0 Å². The van der Waals surface area contributed by atoms with Crippen molar-refractivity contribution in [3.8, 4) is 5.75 Å². The lowest BCUT2D eigenvalue weighted by molar-refractivity contribution is -0.180. The van der Waals surface area contributed by atoms with Crippen molar-refractivity contribution in [2.75, 3.05) is 13.3 Å². The molecule has 0 aromatic carbocycles. The Labute approximate surface area is 121 Å². The predicted octanol–water partition coefficient (Wildman–Crippen LogP) is 3.89. The number of rotatable bonds is 2. The molecular weight excluding hydrogens is 273 g/mol. The molecule has 0 N–H and O–H groups in total. The van der Waals surface area contributed by atoms with Gasteiger partial charge in [0, 0.05) is 30.8 Å². The molecule has 4 nitrogen and oxygen atoms in total. The molecule has 1 aliphatic heterocycles. The highest BCUT2D eigenvalue weighted by Crippen LogP contribution is 2.59. The van der Waals surface area contributed by atoms with Crippen LogP contribution in [-0.4, -0.2) is 24.1 Å². The summed E-state index contributed by atoms with van der Waals surface area (Å²) in [7, 11) is -2.34. The van der Waals surface area contributed by atoms with E-state index in [0.29, 0.717) is 6.61 Å². The standard InChI is InChI=1S/C15H24NO3P/c1-10-13-11(9-18-15(4,5)19-13)12(8-16-10)14(2,3)20(6,7)17/h8H,9H2,1-7H3. The molecule has 20 heavy (non-hydrogen) atoms. The van der Waals surface area contributed by atoms with Gasteiger partial charge in [0.2, 0.25) is 5.79 Å². The molecule has 2 heterocycles. The molecule has 0 bridgehead atoms. The lowest BCUT2D eigenvalue weighted by Crippen LogP contribution is -2.37. The van der Waals surface area contributed by atoms with Crippen LogP contribution in [0, 0.1) is 6.92 Å². The maximum atomic E-state index is 12.6. The number of aryl methyl sites for hydroxylation is 1. The Morgan fingerprint density at radius 2 is 1.95 bits per heavy atom. The lowest BCUT2D eigenvalue weighted by Gasteiger charge is -2.38. The molecule has 112 valence electrons. The molecule has 0 fully saturated rings. The van der Waals surface area contributed by atoms with Gasteiger partial charge in [0.25, 0.3) is 0 Å². The summed E-state index contributed by atoms with van der Waals surface area (Å²) in [5.41, 5.74) is 2.78. The zero-order chi connectivity index (χ0) is 15.3. The number of nitrogens with zero attached hydrogens (tertiary/aromatic N) is 1. The second-order valence-electron chi connectivity index (χ2n) is 6.77. The number of hydrogen-bond acceptors (Lipinski definition) is 4. The third kappa shape index (κ3) is 2.51. The lowest BCUT2D eigenvalue weighted by atomic mass is 9.96. The number of pyridine rings is 1. The van der Waals surface area contributed by atoms with E-state index in [-0.39, 0.29) is 0 Å². The van der Waals surface area contributed by atoms with Crippen LogP contribution < -0.4 is 4.74 Å². The normalized spacial score (nSPS) is 18.4. The summed E-state index contributed by atoms with van der Waals surface area (Å²) in [6.45, 7) is 13.8. The number of ether oxygens (including phenoxy) is 2. The molecule has 2 rings (SSSR count). The van der Waals surface area contributed by atoms with Gasteiger partial charge in [-0.1, -0.05) is 0 Å². The Morgan fingerprint density at radius 3 is 2.50 bits per heavy atom. The molecule has 0 radical (unpaired) electrons. The van der Waals surface area contributed by atoms with Gasteiger partial charge >= 0.3 is 0 Å². The topological polar surface area (TPSA) is 48.4 Å². The average molecular weight is 297 g/mol. The van der Waals surface area contributed by atoms with Gasteiger partial charge in [-0.25, -0.2) is 0 Å². The van der Waals surface area contributed by atoms with E-state index >= 15 is 0 Å². The minimum atomic E-state index is -2.34. The number of aromatic nitrogens is 1. The molecule has 0 saturated carbocycles. The fourth-order valence-corrected chi connectivity index (χ4v) is 3.03. The maximum Gasteiger partial charge on any atom is 0.205 e. The molecule has 0 saturated heterocycles. The van der Waals surface area contributed by atoms with Crippen LogP contribution in [0.3, 0.4) is 0 Å². The summed E-state index contributed by atoms with van der Waals surface area (Å²) >= 11 is 0. The van der Waals surface area contributed by atoms with Crippen molar-refractivity contribution in [3.63, 3.8) is 0 Å². The summed E-state index contributed by atoms with van der Waals surface area (Å²) in [5.74, 6) is 0.130. The summed E-state index contributed by atoms with van der Waals surface area (Å²) in [6, 6.07) is 0. The van der Waals surface area contributed by atoms with Gasteiger partial charge < -0.3 is 14.0 Å². The van der Waals surface area contributed by atoms with E-state index in [9.17, 15) is 4.57 Å². The molecule has 0 spiro atoms. The zero-order valence-electron chi connectivity index (χ0n) is 13.4. The van der Waals surface area contributed by atoms with Crippen LogP contribution in [0.15, 0.2) is 6.20 Å². The summed E-state index contributed by atoms with van der Waals surface area (Å²) in [4.78, 5) is 4.44. The van der Waals surface area contributed by atoms with Gasteiger partial charge in [0.1, 0.15) is 5.75 Å². The van der Waals surface area contributed by atoms with Gasteiger partial charge in [0.15, 0.2) is 0 Å². The first-order chi connectivity index (χ1) is 8.96. The smallest absolute Gasteiger partial charge is 0.205 e. The molecule has 1 aliphatic rings. The Bertz CT molecular complexity index is 587. The van der Waals surface area contributed by atoms with Crippen LogP contribution in [0.5, 0.6) is 5.75 Å². The predicted molar refractivity (Wildman–Crippen MR) is 81.0 cm³/mol. The molecule has 0 amide bonds. The van der Waals surface area contributed by atoms with Crippen molar-refractivity contribution in [1.29, 1.82) is 0 Å². The van der Waals surface area contributed by atoms with E-state index in [1.165, 1.54) is 0 Å². The van der Waals surface area contributed by atoms with Gasteiger partial charge in [-0.05, 0) is 39.7 Å². The minimum Gasteiger partial charge on any atom is -0.461 e. The quantitative estimate of drug-likeness (QED) is 0.777. The summed E-state index contributed by atoms with van der Waals surface area (Å²) < 4.78 is 24.3. The maximum absolute atomic E-state index is 12.6. The molecule has 5 heteroatoms. The Balaban J connectivity index is 2.63. The molecular formula is C15H24NO3P. The third-order valence-electron chi connectivity index (χ3n) is 4.23. The largest absolute Gasteiger partial charge is 0.461 e. The van der Waals surface area contributed by atoms with Crippen molar-refractivity contribution in [3.05, 3.63) is 23.0 Å². The average Bonchev–Trinajstić information content (AvgIpc) is 2.27. The molecule has 1 aromatic rings. The molecule has 0 atom stereocenters. The van der Waals surface area contributed by atoms with E-state index < -0.39 is 18.1 Å². The second-order valence-corrected chi connectivity index (χ2v) is 10.6. The van der Waals surface area contributed by atoms with Crippen molar-refractivity contribution in [2.45, 2.75) is 52.2 Å². The van der Waals surface area contributed by atoms with Crippen molar-refractivity contribution >= 4 is 7.14 Å². The second kappa shape index (κ2) is 4.57. The number of fused-ring (bicyclic) bond motifs is 1. The third-order valence-corrected chi connectivity index (χ3v) is 7.17. The van der Waals surface area contributed by atoms with Crippen LogP contribution in [-0.2, 0) is 21.1 Å². The summed E-state index contributed by atoms with van der Waals surface area (Å²) in [5, 5.41) is -0.452. The molecule has 0 aliphatic carbocycles. The first kappa shape index (κ1) is 15.5. The van der Waals surface area contributed by atoms with Gasteiger partial charge in [0.05, 0.1) is 19.4 Å². The highest BCUT2D eigenvalue weighted by atomic mass is 31.2. The minimum absolute atomic E-state index is 0.452. The van der Waals surface area contributed by atoms with Crippen LogP contribution >= 0.6 is 7.14 Å². The van der Waals surface area contributed by atoms with Crippen molar-refractivity contribution < 1.29 is 14.0 Å². The fourth-order valence-electron chi connectivity index (χ4n) is 2.26. The van der Waals surface area contributed by atoms with Crippen LogP contribution in [0.25, 0.3) is 0 Å². The van der Waals surface area contributed by atoms with E-state index in [1.54, 1.807) is 0 Å². The Kier molecular flexibility index (Phi) is 3.55. The zero-order valence-corrected chi connectivity index (χ0v) is 14.3. The SMILES string of the molecule is Cc1ncc(C(C)(C)P(C)(C)=O)c2c1OC(C)(C)OC2. The number of hydrogen-bond donors (Lipinski definition) is 0. The Hall–Kier alpha value is -0.860. The monoisotopic (exact) mass is 297 g/mol. The van der Waals surface area contributed by atoms with Gasteiger partial charge in [-0.15, -0.1) is 0 Å². The van der Waals surface area contributed by atoms with E-state index in [4.69, 9.17) is 9.47 Å². The van der Waals surface area contributed by atoms with Crippen LogP contribution in [0.2, 0.25) is 0 Å². The van der Waals surface area contributed by atoms with Crippen molar-refractivity contribution in [1.82, 2.24) is 4.98 Å². The van der Waals surface area contributed by atoms with E-state index in [0.717, 1.165) is 22.6 Å². The van der Waals surface area contributed by atoms with E-state index in [1.807, 2.05) is 54.1 Å². The molecule has 1 aromatic heterocycles. The summed E-state index contributed by atoms with van der Waals surface area (Å²) in [6.07, 6.45) is 1.82. The Morgan fingerprint density at radius 1 is 1.35 bits per heavy atom. The van der Waals surface area contributed by atoms with Gasteiger partial charge in [-0.3, -0.25) is 4.98 Å². The van der Waals surface area contributed by atoms with Crippen LogP contribution in [0.4, 0.5) is 0 Å². The first-order valence-electron chi connectivity index (χ1n) is 6.83. The highest BCUT2D eigenvalue weighted by Gasteiger charge is 2.39.